The van der Waals surface area contributed by atoms with Crippen LogP contribution in [0.3, 0.4) is 0 Å². The van der Waals surface area contributed by atoms with Gasteiger partial charge in [0.15, 0.2) is 5.58 Å². The Kier molecular flexibility index (Phi) is 4.99. The SMILES string of the molecule is Cc1cc(C)c2onc(CC(=O)N(C)c3nnc(-c4ccc(Br)cc4)s3)c2c1. The predicted octanol–water partition coefficient (Wildman–Crippen LogP) is 4.93. The van der Waals surface area contributed by atoms with E-state index in [1.165, 1.54) is 16.2 Å². The second-order valence-electron chi connectivity index (χ2n) is 6.61. The number of benzene rings is 2. The van der Waals surface area contributed by atoms with Gasteiger partial charge in [0, 0.05) is 22.5 Å². The number of carbonyl (C=O) groups is 1. The van der Waals surface area contributed by atoms with Gasteiger partial charge < -0.3 is 4.52 Å². The summed E-state index contributed by atoms with van der Waals surface area (Å²) < 4.78 is 6.44. The van der Waals surface area contributed by atoms with Crippen LogP contribution in [0.5, 0.6) is 0 Å². The van der Waals surface area contributed by atoms with E-state index < -0.39 is 0 Å². The molecule has 0 atom stereocenters. The van der Waals surface area contributed by atoms with Crippen LogP contribution in [-0.2, 0) is 11.2 Å². The average Bonchev–Trinajstić information content (AvgIpc) is 3.30. The van der Waals surface area contributed by atoms with Crippen LogP contribution >= 0.6 is 27.3 Å². The summed E-state index contributed by atoms with van der Waals surface area (Å²) in [4.78, 5) is 14.3. The Bertz CT molecular complexity index is 1170. The van der Waals surface area contributed by atoms with Gasteiger partial charge in [-0.1, -0.05) is 50.6 Å². The number of halogens is 1. The van der Waals surface area contributed by atoms with Gasteiger partial charge in [-0.3, -0.25) is 9.69 Å². The maximum atomic E-state index is 12.8. The molecule has 0 radical (unpaired) electrons. The summed E-state index contributed by atoms with van der Waals surface area (Å²) in [5, 5.41) is 14.7. The van der Waals surface area contributed by atoms with Crippen molar-refractivity contribution in [1.29, 1.82) is 0 Å². The van der Waals surface area contributed by atoms with Crippen molar-refractivity contribution < 1.29 is 9.32 Å². The maximum Gasteiger partial charge on any atom is 0.234 e. The van der Waals surface area contributed by atoms with Gasteiger partial charge in [0.05, 0.1) is 6.42 Å². The zero-order valence-corrected chi connectivity index (χ0v) is 18.0. The number of fused-ring (bicyclic) bond motifs is 1. The minimum absolute atomic E-state index is 0.118. The molecule has 6 nitrogen and oxygen atoms in total. The van der Waals surface area contributed by atoms with Crippen LogP contribution in [0, 0.1) is 13.8 Å². The number of hydrogen-bond acceptors (Lipinski definition) is 6. The zero-order chi connectivity index (χ0) is 19.8. The predicted molar refractivity (Wildman–Crippen MR) is 114 cm³/mol. The monoisotopic (exact) mass is 456 g/mol. The van der Waals surface area contributed by atoms with E-state index in [0.717, 1.165) is 37.1 Å². The van der Waals surface area contributed by atoms with Gasteiger partial charge in [-0.05, 0) is 43.2 Å². The van der Waals surface area contributed by atoms with E-state index in [4.69, 9.17) is 4.52 Å². The topological polar surface area (TPSA) is 72.1 Å². The lowest BCUT2D eigenvalue weighted by molar-refractivity contribution is -0.117. The van der Waals surface area contributed by atoms with Gasteiger partial charge >= 0.3 is 0 Å². The van der Waals surface area contributed by atoms with Crippen molar-refractivity contribution in [2.45, 2.75) is 20.3 Å². The smallest absolute Gasteiger partial charge is 0.234 e. The molecule has 2 aromatic heterocycles. The molecule has 0 aliphatic rings. The summed E-state index contributed by atoms with van der Waals surface area (Å²) in [6.07, 6.45) is 0.138. The van der Waals surface area contributed by atoms with E-state index >= 15 is 0 Å². The van der Waals surface area contributed by atoms with Crippen molar-refractivity contribution in [1.82, 2.24) is 15.4 Å². The van der Waals surface area contributed by atoms with Crippen LogP contribution in [-0.4, -0.2) is 28.3 Å². The highest BCUT2D eigenvalue weighted by atomic mass is 79.9. The Labute approximate surface area is 174 Å². The van der Waals surface area contributed by atoms with Gasteiger partial charge in [-0.15, -0.1) is 10.2 Å². The first kappa shape index (κ1) is 18.8. The summed E-state index contributed by atoms with van der Waals surface area (Å²) in [6.45, 7) is 3.99. The van der Waals surface area contributed by atoms with Crippen molar-refractivity contribution in [2.24, 2.45) is 0 Å². The summed E-state index contributed by atoms with van der Waals surface area (Å²) in [5.41, 5.74) is 4.44. The first-order valence-corrected chi connectivity index (χ1v) is 10.2. The van der Waals surface area contributed by atoms with Crippen molar-refractivity contribution in [2.75, 3.05) is 11.9 Å². The van der Waals surface area contributed by atoms with Crippen LogP contribution in [0.15, 0.2) is 45.4 Å². The molecular formula is C20H17BrN4O2S. The molecule has 0 saturated carbocycles. The van der Waals surface area contributed by atoms with E-state index in [2.05, 4.69) is 31.3 Å². The van der Waals surface area contributed by atoms with Crippen LogP contribution in [0.1, 0.15) is 16.8 Å². The highest BCUT2D eigenvalue weighted by Gasteiger charge is 2.20. The second-order valence-corrected chi connectivity index (χ2v) is 8.49. The van der Waals surface area contributed by atoms with Crippen molar-refractivity contribution >= 4 is 49.3 Å². The highest BCUT2D eigenvalue weighted by molar-refractivity contribution is 9.10. The van der Waals surface area contributed by atoms with E-state index in [0.29, 0.717) is 10.8 Å². The number of amides is 1. The number of hydrogen-bond donors (Lipinski definition) is 0. The molecule has 0 aliphatic carbocycles. The molecule has 0 unspecified atom stereocenters. The lowest BCUT2D eigenvalue weighted by Gasteiger charge is -2.11. The molecule has 0 bridgehead atoms. The minimum Gasteiger partial charge on any atom is -0.356 e. The third-order valence-corrected chi connectivity index (χ3v) is 6.04. The van der Waals surface area contributed by atoms with Crippen molar-refractivity contribution in [3.63, 3.8) is 0 Å². The van der Waals surface area contributed by atoms with E-state index in [9.17, 15) is 4.79 Å². The molecule has 8 heteroatoms. The molecule has 0 spiro atoms. The molecule has 2 heterocycles. The molecule has 0 saturated heterocycles. The Morgan fingerprint density at radius 1 is 1.18 bits per heavy atom. The van der Waals surface area contributed by atoms with Crippen LogP contribution in [0.25, 0.3) is 21.5 Å². The van der Waals surface area contributed by atoms with E-state index in [1.54, 1.807) is 7.05 Å². The number of anilines is 1. The summed E-state index contributed by atoms with van der Waals surface area (Å²) in [6, 6.07) is 11.9. The summed E-state index contributed by atoms with van der Waals surface area (Å²) in [5.74, 6) is -0.118. The highest BCUT2D eigenvalue weighted by Crippen LogP contribution is 2.30. The molecule has 142 valence electrons. The molecule has 2 aromatic carbocycles. The molecule has 4 rings (SSSR count). The zero-order valence-electron chi connectivity index (χ0n) is 15.6. The first-order chi connectivity index (χ1) is 13.4. The van der Waals surface area contributed by atoms with Gasteiger partial charge in [-0.25, -0.2) is 0 Å². The Hall–Kier alpha value is -2.58. The van der Waals surface area contributed by atoms with Crippen molar-refractivity contribution in [3.05, 3.63) is 57.7 Å². The number of carbonyl (C=O) groups excluding carboxylic acids is 1. The van der Waals surface area contributed by atoms with E-state index in [-0.39, 0.29) is 12.3 Å². The standard InChI is InChI=1S/C20H17BrN4O2S/c1-11-8-12(2)18-15(9-11)16(24-27-18)10-17(26)25(3)20-23-22-19(28-20)13-4-6-14(21)7-5-13/h4-9H,10H2,1-3H3. The van der Waals surface area contributed by atoms with Crippen LogP contribution in [0.2, 0.25) is 0 Å². The molecule has 4 aromatic rings. The normalized spacial score (nSPS) is 11.1. The van der Waals surface area contributed by atoms with Crippen LogP contribution < -0.4 is 4.90 Å². The Balaban J connectivity index is 1.55. The first-order valence-electron chi connectivity index (χ1n) is 8.64. The van der Waals surface area contributed by atoms with Crippen molar-refractivity contribution in [3.8, 4) is 10.6 Å². The maximum absolute atomic E-state index is 12.8. The second kappa shape index (κ2) is 7.44. The lowest BCUT2D eigenvalue weighted by Crippen LogP contribution is -2.27. The molecule has 0 aliphatic heterocycles. The lowest BCUT2D eigenvalue weighted by atomic mass is 10.1. The Morgan fingerprint density at radius 3 is 2.68 bits per heavy atom. The fourth-order valence-corrected chi connectivity index (χ4v) is 4.09. The number of rotatable bonds is 4. The number of aryl methyl sites for hydroxylation is 2. The fourth-order valence-electron chi connectivity index (χ4n) is 3.00. The molecule has 0 N–H and O–H groups in total. The minimum atomic E-state index is -0.118. The summed E-state index contributed by atoms with van der Waals surface area (Å²) >= 11 is 4.79. The molecule has 1 amide bonds. The Morgan fingerprint density at radius 2 is 1.93 bits per heavy atom. The number of likely N-dealkylation sites (N-methyl/N-ethyl adjacent to an activating group) is 1. The van der Waals surface area contributed by atoms with Crippen LogP contribution in [0.4, 0.5) is 5.13 Å². The van der Waals surface area contributed by atoms with Gasteiger partial charge in [-0.2, -0.15) is 0 Å². The summed E-state index contributed by atoms with van der Waals surface area (Å²) in [7, 11) is 1.70. The van der Waals surface area contributed by atoms with E-state index in [1.807, 2.05) is 50.2 Å². The number of aromatic nitrogens is 3. The molecular weight excluding hydrogens is 440 g/mol. The van der Waals surface area contributed by atoms with Gasteiger partial charge in [0.1, 0.15) is 10.7 Å². The largest absolute Gasteiger partial charge is 0.356 e. The quantitative estimate of drug-likeness (QED) is 0.435. The molecule has 28 heavy (non-hydrogen) atoms. The van der Waals surface area contributed by atoms with Gasteiger partial charge in [0.2, 0.25) is 11.0 Å². The molecule has 0 fully saturated rings. The average molecular weight is 457 g/mol. The third kappa shape index (κ3) is 3.57. The number of nitrogens with zero attached hydrogens (tertiary/aromatic N) is 4. The third-order valence-electron chi connectivity index (χ3n) is 4.46. The fraction of sp³-hybridized carbons (Fsp3) is 0.200. The van der Waals surface area contributed by atoms with Gasteiger partial charge in [0.25, 0.3) is 0 Å².